The van der Waals surface area contributed by atoms with Crippen molar-refractivity contribution >= 4 is 49.0 Å². The minimum Gasteiger partial charge on any atom is -0.369 e. The van der Waals surface area contributed by atoms with Crippen LogP contribution >= 0.6 is 27.5 Å². The van der Waals surface area contributed by atoms with E-state index < -0.39 is 10.0 Å². The summed E-state index contributed by atoms with van der Waals surface area (Å²) in [5.41, 5.74) is 1.65. The Morgan fingerprint density at radius 3 is 2.19 bits per heavy atom. The number of nitrogens with zero attached hydrogens (tertiary/aromatic N) is 2. The Labute approximate surface area is 166 Å². The zero-order chi connectivity index (χ0) is 18.9. The third-order valence-electron chi connectivity index (χ3n) is 4.39. The maximum Gasteiger partial charge on any atom is 0.244 e. The third kappa shape index (κ3) is 3.96. The number of hydrogen-bond acceptors (Lipinski definition) is 4. The van der Waals surface area contributed by atoms with Gasteiger partial charge in [0, 0.05) is 41.9 Å². The maximum absolute atomic E-state index is 12.9. The summed E-state index contributed by atoms with van der Waals surface area (Å²) in [7, 11) is -3.62. The van der Waals surface area contributed by atoms with Crippen molar-refractivity contribution in [3.63, 3.8) is 0 Å². The van der Waals surface area contributed by atoms with E-state index in [1.165, 1.54) is 17.3 Å². The van der Waals surface area contributed by atoms with Gasteiger partial charge in [0.2, 0.25) is 10.0 Å². The first-order chi connectivity index (χ1) is 12.3. The van der Waals surface area contributed by atoms with Crippen LogP contribution in [0.4, 0.5) is 5.69 Å². The van der Waals surface area contributed by atoms with Gasteiger partial charge in [-0.3, -0.25) is 4.79 Å². The summed E-state index contributed by atoms with van der Waals surface area (Å²) < 4.78 is 27.9. The van der Waals surface area contributed by atoms with Crippen LogP contribution in [0.1, 0.15) is 17.3 Å². The van der Waals surface area contributed by atoms with Gasteiger partial charge in [-0.05, 0) is 49.4 Å². The smallest absolute Gasteiger partial charge is 0.244 e. The standard InChI is InChI=1S/C18H18BrClN2O3S/c1-13(23)14-2-5-16(6-3-14)21-8-10-22(11-9-21)26(24,25)18-7-4-15(19)12-17(18)20/h2-7,12H,8-11H2,1H3. The fourth-order valence-corrected chi connectivity index (χ4v) is 5.35. The highest BCUT2D eigenvalue weighted by atomic mass is 79.9. The lowest BCUT2D eigenvalue weighted by atomic mass is 10.1. The van der Waals surface area contributed by atoms with E-state index in [0.29, 0.717) is 31.7 Å². The lowest BCUT2D eigenvalue weighted by molar-refractivity contribution is 0.101. The highest BCUT2D eigenvalue weighted by molar-refractivity contribution is 9.10. The molecule has 0 N–H and O–H groups in total. The van der Waals surface area contributed by atoms with Crippen molar-refractivity contribution < 1.29 is 13.2 Å². The molecule has 0 aromatic heterocycles. The fourth-order valence-electron chi connectivity index (χ4n) is 2.92. The molecule has 0 amide bonds. The molecule has 0 atom stereocenters. The second-order valence-electron chi connectivity index (χ2n) is 6.07. The zero-order valence-corrected chi connectivity index (χ0v) is 17.3. The Morgan fingerprint density at radius 2 is 1.65 bits per heavy atom. The summed E-state index contributed by atoms with van der Waals surface area (Å²) in [6, 6.07) is 12.2. The molecule has 1 aliphatic rings. The molecular formula is C18H18BrClN2O3S. The van der Waals surface area contributed by atoms with Gasteiger partial charge < -0.3 is 4.90 Å². The van der Waals surface area contributed by atoms with Gasteiger partial charge in [-0.15, -0.1) is 0 Å². The second-order valence-corrected chi connectivity index (χ2v) is 9.30. The van der Waals surface area contributed by atoms with Gasteiger partial charge >= 0.3 is 0 Å². The van der Waals surface area contributed by atoms with Gasteiger partial charge in [-0.25, -0.2) is 8.42 Å². The molecule has 1 aliphatic heterocycles. The van der Waals surface area contributed by atoms with Gasteiger partial charge in [0.1, 0.15) is 4.90 Å². The number of anilines is 1. The van der Waals surface area contributed by atoms with Crippen LogP contribution in [0.3, 0.4) is 0 Å². The molecule has 0 spiro atoms. The fraction of sp³-hybridized carbons (Fsp3) is 0.278. The van der Waals surface area contributed by atoms with Crippen molar-refractivity contribution in [2.75, 3.05) is 31.1 Å². The zero-order valence-electron chi connectivity index (χ0n) is 14.2. The number of benzene rings is 2. The lowest BCUT2D eigenvalue weighted by Crippen LogP contribution is -2.48. The summed E-state index contributed by atoms with van der Waals surface area (Å²) in [4.78, 5) is 13.6. The molecule has 1 fully saturated rings. The average molecular weight is 458 g/mol. The van der Waals surface area contributed by atoms with Gasteiger partial charge in [0.15, 0.2) is 5.78 Å². The Bertz CT molecular complexity index is 924. The minimum absolute atomic E-state index is 0.0267. The normalized spacial score (nSPS) is 15.9. The van der Waals surface area contributed by atoms with E-state index in [4.69, 9.17) is 11.6 Å². The van der Waals surface area contributed by atoms with E-state index in [2.05, 4.69) is 20.8 Å². The first kappa shape index (κ1) is 19.4. The molecule has 0 radical (unpaired) electrons. The molecule has 0 bridgehead atoms. The average Bonchev–Trinajstić information content (AvgIpc) is 2.61. The number of rotatable bonds is 4. The number of carbonyl (C=O) groups excluding carboxylic acids is 1. The molecular weight excluding hydrogens is 440 g/mol. The van der Waals surface area contributed by atoms with Crippen LogP contribution in [-0.4, -0.2) is 44.7 Å². The molecule has 1 heterocycles. The van der Waals surface area contributed by atoms with E-state index in [1.54, 1.807) is 24.3 Å². The topological polar surface area (TPSA) is 57.7 Å². The van der Waals surface area contributed by atoms with E-state index in [-0.39, 0.29) is 15.7 Å². The number of piperazine rings is 1. The van der Waals surface area contributed by atoms with Crippen LogP contribution in [-0.2, 0) is 10.0 Å². The van der Waals surface area contributed by atoms with Crippen LogP contribution in [0, 0.1) is 0 Å². The molecule has 2 aromatic rings. The predicted molar refractivity (Wildman–Crippen MR) is 107 cm³/mol. The van der Waals surface area contributed by atoms with Crippen molar-refractivity contribution in [1.82, 2.24) is 4.31 Å². The van der Waals surface area contributed by atoms with Crippen molar-refractivity contribution in [3.05, 3.63) is 57.5 Å². The largest absolute Gasteiger partial charge is 0.369 e. The third-order valence-corrected chi connectivity index (χ3v) is 7.26. The van der Waals surface area contributed by atoms with Crippen LogP contribution in [0.5, 0.6) is 0 Å². The summed E-state index contributed by atoms with van der Waals surface area (Å²) in [6.07, 6.45) is 0. The highest BCUT2D eigenvalue weighted by Crippen LogP contribution is 2.29. The monoisotopic (exact) mass is 456 g/mol. The minimum atomic E-state index is -3.62. The number of Topliss-reactive ketones (excluding diaryl/α,β-unsaturated/α-hetero) is 1. The molecule has 0 aliphatic carbocycles. The summed E-state index contributed by atoms with van der Waals surface area (Å²) >= 11 is 9.41. The Morgan fingerprint density at radius 1 is 1.04 bits per heavy atom. The summed E-state index contributed by atoms with van der Waals surface area (Å²) in [6.45, 7) is 3.44. The highest BCUT2D eigenvalue weighted by Gasteiger charge is 2.30. The number of ketones is 1. The summed E-state index contributed by atoms with van der Waals surface area (Å²) in [5.74, 6) is 0.0267. The Balaban J connectivity index is 1.72. The van der Waals surface area contributed by atoms with Gasteiger partial charge in [-0.1, -0.05) is 27.5 Å². The van der Waals surface area contributed by atoms with Crippen molar-refractivity contribution in [3.8, 4) is 0 Å². The quantitative estimate of drug-likeness (QED) is 0.655. The molecule has 26 heavy (non-hydrogen) atoms. The molecule has 5 nitrogen and oxygen atoms in total. The molecule has 1 saturated heterocycles. The molecule has 8 heteroatoms. The van der Waals surface area contributed by atoms with Crippen molar-refractivity contribution in [2.45, 2.75) is 11.8 Å². The lowest BCUT2D eigenvalue weighted by Gasteiger charge is -2.35. The molecule has 0 saturated carbocycles. The number of carbonyl (C=O) groups is 1. The number of sulfonamides is 1. The van der Waals surface area contributed by atoms with Crippen molar-refractivity contribution in [2.24, 2.45) is 0 Å². The van der Waals surface area contributed by atoms with Gasteiger partial charge in [0.05, 0.1) is 5.02 Å². The predicted octanol–water partition coefficient (Wildman–Crippen LogP) is 3.82. The van der Waals surface area contributed by atoms with E-state index in [1.807, 2.05) is 12.1 Å². The molecule has 0 unspecified atom stereocenters. The van der Waals surface area contributed by atoms with E-state index in [0.717, 1.165) is 10.2 Å². The first-order valence-electron chi connectivity index (χ1n) is 8.10. The van der Waals surface area contributed by atoms with Crippen LogP contribution < -0.4 is 4.90 Å². The molecule has 3 rings (SSSR count). The maximum atomic E-state index is 12.9. The van der Waals surface area contributed by atoms with E-state index >= 15 is 0 Å². The molecule has 138 valence electrons. The molecule has 2 aromatic carbocycles. The van der Waals surface area contributed by atoms with Crippen LogP contribution in [0.2, 0.25) is 5.02 Å². The van der Waals surface area contributed by atoms with E-state index in [9.17, 15) is 13.2 Å². The number of halogens is 2. The Hall–Kier alpha value is -1.41. The first-order valence-corrected chi connectivity index (χ1v) is 10.7. The van der Waals surface area contributed by atoms with Gasteiger partial charge in [0.25, 0.3) is 0 Å². The Kier molecular flexibility index (Phi) is 5.72. The second kappa shape index (κ2) is 7.68. The van der Waals surface area contributed by atoms with Gasteiger partial charge in [-0.2, -0.15) is 4.31 Å². The number of hydrogen-bond donors (Lipinski definition) is 0. The SMILES string of the molecule is CC(=O)c1ccc(N2CCN(S(=O)(=O)c3ccc(Br)cc3Cl)CC2)cc1. The van der Waals surface area contributed by atoms with Crippen LogP contribution in [0.15, 0.2) is 51.8 Å². The van der Waals surface area contributed by atoms with Crippen molar-refractivity contribution in [1.29, 1.82) is 0 Å². The van der Waals surface area contributed by atoms with Crippen LogP contribution in [0.25, 0.3) is 0 Å². The summed E-state index contributed by atoms with van der Waals surface area (Å²) in [5, 5.41) is 0.210.